The lowest BCUT2D eigenvalue weighted by atomic mass is 10.1. The van der Waals surface area contributed by atoms with Gasteiger partial charge in [0.25, 0.3) is 10.0 Å². The van der Waals surface area contributed by atoms with Crippen molar-refractivity contribution in [3.8, 4) is 0 Å². The van der Waals surface area contributed by atoms with E-state index in [0.29, 0.717) is 10.4 Å². The van der Waals surface area contributed by atoms with Crippen molar-refractivity contribution in [2.45, 2.75) is 17.9 Å². The maximum atomic E-state index is 13.8. The molecule has 1 aliphatic heterocycles. The van der Waals surface area contributed by atoms with Crippen molar-refractivity contribution < 1.29 is 26.8 Å². The summed E-state index contributed by atoms with van der Waals surface area (Å²) in [6.45, 7) is 0.671. The summed E-state index contributed by atoms with van der Waals surface area (Å²) >= 11 is 0. The Morgan fingerprint density at radius 2 is 1.93 bits per heavy atom. The van der Waals surface area contributed by atoms with Gasteiger partial charge in [-0.25, -0.2) is 26.3 Å². The van der Waals surface area contributed by atoms with Gasteiger partial charge in [0.1, 0.15) is 23.1 Å². The molecule has 0 unspecified atom stereocenters. The number of sulfonamides is 1. The van der Waals surface area contributed by atoms with Crippen LogP contribution < -0.4 is 10.6 Å². The summed E-state index contributed by atoms with van der Waals surface area (Å²) < 4.78 is 52.3. The van der Waals surface area contributed by atoms with Crippen molar-refractivity contribution in [3.05, 3.63) is 59.7 Å². The Hall–Kier alpha value is -3.01. The summed E-state index contributed by atoms with van der Waals surface area (Å²) in [7, 11) is -4.20. The summed E-state index contributed by atoms with van der Waals surface area (Å²) in [4.78, 5) is 24.2. The highest BCUT2D eigenvalue weighted by molar-refractivity contribution is 7.90. The second-order valence-electron chi connectivity index (χ2n) is 5.89. The highest BCUT2D eigenvalue weighted by atomic mass is 32.2. The molecule has 3 rings (SSSR count). The smallest absolute Gasteiger partial charge is 0.336 e. The summed E-state index contributed by atoms with van der Waals surface area (Å²) in [5.74, 6) is -2.42. The quantitative estimate of drug-likeness (QED) is 0.831. The number of hydrogen-bond donors (Lipinski definition) is 2. The summed E-state index contributed by atoms with van der Waals surface area (Å²) in [5.41, 5.74) is 0.155. The van der Waals surface area contributed by atoms with Gasteiger partial charge < -0.3 is 10.6 Å². The normalized spacial score (nSPS) is 16.3. The third-order valence-corrected chi connectivity index (χ3v) is 5.80. The maximum absolute atomic E-state index is 13.8. The van der Waals surface area contributed by atoms with Gasteiger partial charge in [-0.15, -0.1) is 0 Å². The van der Waals surface area contributed by atoms with Gasteiger partial charge in [-0.05, 0) is 25.1 Å². The molecular weight excluding hydrogens is 380 g/mol. The molecule has 10 heteroatoms. The van der Waals surface area contributed by atoms with E-state index in [1.807, 2.05) is 0 Å². The number of carbonyl (C=O) groups excluding carboxylic acids is 2. The number of nitrogens with one attached hydrogen (secondary N) is 2. The molecular formula is C17H15F2N3O4S. The summed E-state index contributed by atoms with van der Waals surface area (Å²) in [6.07, 6.45) is 0. The largest absolute Gasteiger partial charge is 0.348 e. The minimum absolute atomic E-state index is 0.0287. The average Bonchev–Trinajstić information content (AvgIpc) is 2.58. The van der Waals surface area contributed by atoms with Crippen LogP contribution in [0.1, 0.15) is 18.5 Å². The molecule has 0 fully saturated rings. The Labute approximate surface area is 154 Å². The van der Waals surface area contributed by atoms with E-state index in [9.17, 15) is 26.8 Å². The van der Waals surface area contributed by atoms with Gasteiger partial charge >= 0.3 is 6.03 Å². The van der Waals surface area contributed by atoms with Gasteiger partial charge in [0.2, 0.25) is 5.91 Å². The molecule has 142 valence electrons. The molecule has 0 saturated heterocycles. The number of carbonyl (C=O) groups is 2. The zero-order valence-electron chi connectivity index (χ0n) is 14.1. The number of halogens is 2. The molecule has 1 atom stereocenters. The van der Waals surface area contributed by atoms with E-state index in [1.54, 1.807) is 6.07 Å². The Morgan fingerprint density at radius 3 is 2.63 bits per heavy atom. The van der Waals surface area contributed by atoms with Gasteiger partial charge in [0.15, 0.2) is 0 Å². The molecule has 0 bridgehead atoms. The second-order valence-corrected chi connectivity index (χ2v) is 7.72. The molecule has 0 spiro atoms. The summed E-state index contributed by atoms with van der Waals surface area (Å²) in [6, 6.07) is 6.87. The number of fused-ring (bicyclic) bond motifs is 1. The molecule has 7 nitrogen and oxygen atoms in total. The number of nitrogens with zero attached hydrogens (tertiary/aromatic N) is 1. The van der Waals surface area contributed by atoms with E-state index in [4.69, 9.17) is 0 Å². The molecule has 2 N–H and O–H groups in total. The Morgan fingerprint density at radius 1 is 1.22 bits per heavy atom. The van der Waals surface area contributed by atoms with Gasteiger partial charge in [0, 0.05) is 11.6 Å². The highest BCUT2D eigenvalue weighted by Gasteiger charge is 2.37. The first kappa shape index (κ1) is 18.8. The van der Waals surface area contributed by atoms with Gasteiger partial charge in [-0.3, -0.25) is 4.79 Å². The summed E-state index contributed by atoms with van der Waals surface area (Å²) in [5, 5.41) is 4.80. The van der Waals surface area contributed by atoms with Crippen molar-refractivity contribution in [1.82, 2.24) is 9.62 Å². The molecule has 2 aromatic rings. The maximum Gasteiger partial charge on any atom is 0.336 e. The third-order valence-electron chi connectivity index (χ3n) is 4.02. The fourth-order valence-corrected chi connectivity index (χ4v) is 4.14. The van der Waals surface area contributed by atoms with Crippen LogP contribution in [-0.4, -0.2) is 31.2 Å². The van der Waals surface area contributed by atoms with E-state index >= 15 is 0 Å². The monoisotopic (exact) mass is 395 g/mol. The predicted molar refractivity (Wildman–Crippen MR) is 92.3 cm³/mol. The molecule has 0 saturated carbocycles. The second kappa shape index (κ2) is 6.95. The minimum Gasteiger partial charge on any atom is -0.348 e. The van der Waals surface area contributed by atoms with E-state index in [2.05, 4.69) is 10.6 Å². The van der Waals surface area contributed by atoms with Crippen molar-refractivity contribution in [2.75, 3.05) is 11.9 Å². The average molecular weight is 395 g/mol. The number of amides is 3. The SMILES string of the molecule is C[C@@H](NC(=O)CN1C(=O)Nc2ccccc2S1(=O)=O)c1ccc(F)cc1F. The van der Waals surface area contributed by atoms with Crippen LogP contribution in [0.2, 0.25) is 0 Å². The molecule has 3 amide bonds. The van der Waals surface area contributed by atoms with Crippen LogP contribution >= 0.6 is 0 Å². The Bertz CT molecular complexity index is 1030. The van der Waals surface area contributed by atoms with Gasteiger partial charge in [0.05, 0.1) is 11.7 Å². The lowest BCUT2D eigenvalue weighted by Gasteiger charge is -2.28. The number of para-hydroxylation sites is 1. The number of hydrogen-bond acceptors (Lipinski definition) is 4. The molecule has 1 aliphatic rings. The first-order valence-electron chi connectivity index (χ1n) is 7.87. The van der Waals surface area contributed by atoms with E-state index < -0.39 is 46.2 Å². The van der Waals surface area contributed by atoms with Crippen molar-refractivity contribution >= 4 is 27.6 Å². The lowest BCUT2D eigenvalue weighted by Crippen LogP contribution is -2.48. The highest BCUT2D eigenvalue weighted by Crippen LogP contribution is 2.29. The topological polar surface area (TPSA) is 95.6 Å². The van der Waals surface area contributed by atoms with Crippen LogP contribution in [0.25, 0.3) is 0 Å². The van der Waals surface area contributed by atoms with Crippen molar-refractivity contribution in [3.63, 3.8) is 0 Å². The van der Waals surface area contributed by atoms with Crippen molar-refractivity contribution in [2.24, 2.45) is 0 Å². The molecule has 0 aromatic heterocycles. The molecule has 2 aromatic carbocycles. The first-order valence-corrected chi connectivity index (χ1v) is 9.31. The predicted octanol–water partition coefficient (Wildman–Crippen LogP) is 2.38. The zero-order chi connectivity index (χ0) is 19.8. The lowest BCUT2D eigenvalue weighted by molar-refractivity contribution is -0.121. The number of urea groups is 1. The minimum atomic E-state index is -4.20. The van der Waals surface area contributed by atoms with E-state index in [0.717, 1.165) is 6.07 Å². The zero-order valence-corrected chi connectivity index (χ0v) is 14.9. The van der Waals surface area contributed by atoms with Gasteiger partial charge in [-0.1, -0.05) is 18.2 Å². The number of benzene rings is 2. The fourth-order valence-electron chi connectivity index (χ4n) is 2.71. The first-order chi connectivity index (χ1) is 12.7. The van der Waals surface area contributed by atoms with E-state index in [1.165, 1.54) is 31.2 Å². The van der Waals surface area contributed by atoms with E-state index in [-0.39, 0.29) is 16.1 Å². The van der Waals surface area contributed by atoms with Crippen LogP contribution in [0.3, 0.4) is 0 Å². The standard InChI is InChI=1S/C17H15F2N3O4S/c1-10(12-7-6-11(18)8-13(12)19)20-16(23)9-22-17(24)21-14-4-2-3-5-15(14)27(22,25)26/h2-8,10H,9H2,1H3,(H,20,23)(H,21,24)/t10-/m1/s1. The Kier molecular flexibility index (Phi) is 4.83. The van der Waals surface area contributed by atoms with Crippen LogP contribution in [0.15, 0.2) is 47.4 Å². The molecule has 0 aliphatic carbocycles. The van der Waals surface area contributed by atoms with Crippen molar-refractivity contribution in [1.29, 1.82) is 0 Å². The van der Waals surface area contributed by atoms with Gasteiger partial charge in [-0.2, -0.15) is 0 Å². The molecule has 1 heterocycles. The van der Waals surface area contributed by atoms with Crippen LogP contribution in [-0.2, 0) is 14.8 Å². The van der Waals surface area contributed by atoms with Crippen LogP contribution in [0, 0.1) is 11.6 Å². The molecule has 27 heavy (non-hydrogen) atoms. The number of rotatable bonds is 4. The van der Waals surface area contributed by atoms with Crippen LogP contribution in [0.4, 0.5) is 19.3 Å². The number of anilines is 1. The van der Waals surface area contributed by atoms with Crippen LogP contribution in [0.5, 0.6) is 0 Å². The fraction of sp³-hybridized carbons (Fsp3) is 0.176. The third kappa shape index (κ3) is 3.61. The Balaban J connectivity index is 1.77. The molecule has 0 radical (unpaired) electrons.